The standard InChI is InChI=1S/C23H25FN4O2.ClH/c1-16(18-7-8-20(21(24)13-18)17-5-3-2-4-6-17)22-14-19(27-30-22)15-26-23(25)28-9-11-29-12-10-28;/h2-8,13-14,16H,9-12,15H2,1H3,(H2,25,26);1H. The Morgan fingerprint density at radius 3 is 2.61 bits per heavy atom. The molecule has 1 atom stereocenters. The summed E-state index contributed by atoms with van der Waals surface area (Å²) >= 11 is 0. The predicted octanol–water partition coefficient (Wildman–Crippen LogP) is 4.20. The highest BCUT2D eigenvalue weighted by molar-refractivity contribution is 5.85. The smallest absolute Gasteiger partial charge is 0.191 e. The van der Waals surface area contributed by atoms with Crippen molar-refractivity contribution in [2.75, 3.05) is 26.3 Å². The number of ether oxygens (including phenoxy) is 1. The summed E-state index contributed by atoms with van der Waals surface area (Å²) in [5.74, 6) is 0.755. The summed E-state index contributed by atoms with van der Waals surface area (Å²) in [6.07, 6.45) is 0. The molecule has 0 spiro atoms. The Morgan fingerprint density at radius 2 is 1.90 bits per heavy atom. The van der Waals surface area contributed by atoms with Crippen LogP contribution in [0.15, 0.2) is 64.1 Å². The Morgan fingerprint density at radius 1 is 1.16 bits per heavy atom. The molecule has 8 heteroatoms. The average Bonchev–Trinajstić information content (AvgIpc) is 3.27. The topological polar surface area (TPSA) is 76.9 Å². The number of rotatable bonds is 5. The van der Waals surface area contributed by atoms with E-state index in [1.54, 1.807) is 12.1 Å². The first-order valence-corrected chi connectivity index (χ1v) is 10.0. The number of hydrogen-bond donors (Lipinski definition) is 1. The molecule has 2 N–H and O–H groups in total. The number of aliphatic imine (C=N–C) groups is 1. The summed E-state index contributed by atoms with van der Waals surface area (Å²) in [6.45, 7) is 5.08. The van der Waals surface area contributed by atoms with Crippen LogP contribution < -0.4 is 5.73 Å². The maximum atomic E-state index is 14.7. The van der Waals surface area contributed by atoms with Crippen molar-refractivity contribution in [3.05, 3.63) is 77.4 Å². The zero-order chi connectivity index (χ0) is 20.9. The van der Waals surface area contributed by atoms with Gasteiger partial charge in [0.2, 0.25) is 0 Å². The minimum atomic E-state index is -0.256. The van der Waals surface area contributed by atoms with Crippen molar-refractivity contribution in [1.29, 1.82) is 0 Å². The van der Waals surface area contributed by atoms with Crippen molar-refractivity contribution in [1.82, 2.24) is 10.1 Å². The van der Waals surface area contributed by atoms with E-state index in [9.17, 15) is 4.39 Å². The highest BCUT2D eigenvalue weighted by Gasteiger charge is 2.17. The number of aromatic nitrogens is 1. The zero-order valence-corrected chi connectivity index (χ0v) is 18.1. The fourth-order valence-corrected chi connectivity index (χ4v) is 3.48. The van der Waals surface area contributed by atoms with E-state index in [0.29, 0.717) is 42.7 Å². The maximum Gasteiger partial charge on any atom is 0.191 e. The normalized spacial score (nSPS) is 15.4. The van der Waals surface area contributed by atoms with Crippen LogP contribution in [0.2, 0.25) is 0 Å². The third-order valence-electron chi connectivity index (χ3n) is 5.32. The predicted molar refractivity (Wildman–Crippen MR) is 121 cm³/mol. The molecule has 2 aromatic carbocycles. The first-order chi connectivity index (χ1) is 14.6. The molecular formula is C23H26ClFN4O2. The Balaban J connectivity index is 0.00000272. The summed E-state index contributed by atoms with van der Waals surface area (Å²) in [5, 5.41) is 4.09. The largest absolute Gasteiger partial charge is 0.378 e. The minimum absolute atomic E-state index is 0. The van der Waals surface area contributed by atoms with Gasteiger partial charge in [0.15, 0.2) is 5.96 Å². The molecule has 2 heterocycles. The third kappa shape index (κ3) is 5.42. The molecule has 0 aliphatic carbocycles. The van der Waals surface area contributed by atoms with Crippen LogP contribution in [0.3, 0.4) is 0 Å². The molecule has 3 aromatic rings. The fourth-order valence-electron chi connectivity index (χ4n) is 3.48. The molecule has 1 aromatic heterocycles. The van der Waals surface area contributed by atoms with E-state index in [0.717, 1.165) is 24.2 Å². The van der Waals surface area contributed by atoms with Gasteiger partial charge in [0.05, 0.1) is 19.8 Å². The van der Waals surface area contributed by atoms with Gasteiger partial charge in [-0.1, -0.05) is 54.5 Å². The zero-order valence-electron chi connectivity index (χ0n) is 17.3. The summed E-state index contributed by atoms with van der Waals surface area (Å²) in [6, 6.07) is 16.6. The highest BCUT2D eigenvalue weighted by Crippen LogP contribution is 2.29. The molecule has 0 saturated carbocycles. The second-order valence-electron chi connectivity index (χ2n) is 7.32. The lowest BCUT2D eigenvalue weighted by Gasteiger charge is -2.27. The minimum Gasteiger partial charge on any atom is -0.378 e. The van der Waals surface area contributed by atoms with Gasteiger partial charge in [-0.25, -0.2) is 9.38 Å². The van der Waals surface area contributed by atoms with Crippen molar-refractivity contribution < 1.29 is 13.7 Å². The second-order valence-corrected chi connectivity index (χ2v) is 7.32. The van der Waals surface area contributed by atoms with E-state index < -0.39 is 0 Å². The van der Waals surface area contributed by atoms with Gasteiger partial charge in [0.1, 0.15) is 17.3 Å². The monoisotopic (exact) mass is 444 g/mol. The molecule has 1 aliphatic rings. The van der Waals surface area contributed by atoms with Crippen molar-refractivity contribution in [2.45, 2.75) is 19.4 Å². The molecule has 1 fully saturated rings. The molecular weight excluding hydrogens is 419 g/mol. The SMILES string of the molecule is CC(c1ccc(-c2ccccc2)c(F)c1)c1cc(CN=C(N)N2CCOCC2)no1.Cl. The van der Waals surface area contributed by atoms with E-state index in [1.165, 1.54) is 0 Å². The van der Waals surface area contributed by atoms with E-state index in [4.69, 9.17) is 15.0 Å². The quantitative estimate of drug-likeness (QED) is 0.471. The van der Waals surface area contributed by atoms with Crippen LogP contribution in [0, 0.1) is 5.82 Å². The number of morpholine rings is 1. The number of nitrogens with zero attached hydrogens (tertiary/aromatic N) is 3. The van der Waals surface area contributed by atoms with Crippen LogP contribution in [0.25, 0.3) is 11.1 Å². The van der Waals surface area contributed by atoms with Gasteiger partial charge in [-0.3, -0.25) is 0 Å². The molecule has 6 nitrogen and oxygen atoms in total. The lowest BCUT2D eigenvalue weighted by atomic mass is 9.95. The number of nitrogens with two attached hydrogens (primary N) is 1. The molecule has 164 valence electrons. The highest BCUT2D eigenvalue weighted by atomic mass is 35.5. The van der Waals surface area contributed by atoms with Crippen LogP contribution in [0.4, 0.5) is 4.39 Å². The van der Waals surface area contributed by atoms with Crippen LogP contribution in [0.5, 0.6) is 0 Å². The van der Waals surface area contributed by atoms with Gasteiger partial charge in [0, 0.05) is 30.6 Å². The average molecular weight is 445 g/mol. The Labute approximate surface area is 187 Å². The van der Waals surface area contributed by atoms with Gasteiger partial charge in [-0.2, -0.15) is 0 Å². The lowest BCUT2D eigenvalue weighted by Crippen LogP contribution is -2.44. The Bertz CT molecular complexity index is 1020. The number of guanidine groups is 1. The fraction of sp³-hybridized carbons (Fsp3) is 0.304. The van der Waals surface area contributed by atoms with Gasteiger partial charge in [-0.15, -0.1) is 12.4 Å². The van der Waals surface area contributed by atoms with E-state index in [2.05, 4.69) is 10.1 Å². The molecule has 31 heavy (non-hydrogen) atoms. The van der Waals surface area contributed by atoms with Gasteiger partial charge in [-0.05, 0) is 17.2 Å². The van der Waals surface area contributed by atoms with Crippen LogP contribution in [-0.4, -0.2) is 42.3 Å². The summed E-state index contributed by atoms with van der Waals surface area (Å²) in [5.41, 5.74) is 9.00. The molecule has 1 unspecified atom stereocenters. The van der Waals surface area contributed by atoms with Gasteiger partial charge < -0.3 is 19.9 Å². The molecule has 0 radical (unpaired) electrons. The van der Waals surface area contributed by atoms with Crippen molar-refractivity contribution in [2.24, 2.45) is 10.7 Å². The van der Waals surface area contributed by atoms with Crippen LogP contribution >= 0.6 is 12.4 Å². The first-order valence-electron chi connectivity index (χ1n) is 10.0. The molecule has 1 saturated heterocycles. The number of hydrogen-bond acceptors (Lipinski definition) is 4. The van der Waals surface area contributed by atoms with E-state index >= 15 is 0 Å². The lowest BCUT2D eigenvalue weighted by molar-refractivity contribution is 0.0674. The van der Waals surface area contributed by atoms with Crippen LogP contribution in [0.1, 0.15) is 29.9 Å². The van der Waals surface area contributed by atoms with Crippen LogP contribution in [-0.2, 0) is 11.3 Å². The van der Waals surface area contributed by atoms with Crippen molar-refractivity contribution in [3.8, 4) is 11.1 Å². The third-order valence-corrected chi connectivity index (χ3v) is 5.32. The maximum absolute atomic E-state index is 14.7. The molecule has 0 bridgehead atoms. The summed E-state index contributed by atoms with van der Waals surface area (Å²) < 4.78 is 25.5. The molecule has 0 amide bonds. The van der Waals surface area contributed by atoms with Gasteiger partial charge in [0.25, 0.3) is 0 Å². The number of halogens is 2. The number of benzene rings is 2. The molecule has 1 aliphatic heterocycles. The summed E-state index contributed by atoms with van der Waals surface area (Å²) in [4.78, 5) is 6.40. The van der Waals surface area contributed by atoms with Gasteiger partial charge >= 0.3 is 0 Å². The van der Waals surface area contributed by atoms with Crippen molar-refractivity contribution in [3.63, 3.8) is 0 Å². The second kappa shape index (κ2) is 10.4. The molecule has 4 rings (SSSR count). The summed E-state index contributed by atoms with van der Waals surface area (Å²) in [7, 11) is 0. The van der Waals surface area contributed by atoms with Crippen molar-refractivity contribution >= 4 is 18.4 Å². The Kier molecular flexibility index (Phi) is 7.65. The van der Waals surface area contributed by atoms with E-state index in [1.807, 2.05) is 54.3 Å². The van der Waals surface area contributed by atoms with E-state index in [-0.39, 0.29) is 24.1 Å². The first kappa shape index (κ1) is 22.8. The Hall–Kier alpha value is -2.90.